The van der Waals surface area contributed by atoms with Gasteiger partial charge in [0.2, 0.25) is 5.92 Å². The Hall–Kier alpha value is -2.31. The Kier molecular flexibility index (Phi) is 6.05. The van der Waals surface area contributed by atoms with Crippen LogP contribution in [0.5, 0.6) is 0 Å². The molecule has 0 bridgehead atoms. The smallest absolute Gasteiger partial charge is 0.268 e. The van der Waals surface area contributed by atoms with Crippen molar-refractivity contribution in [2.24, 2.45) is 23.0 Å². The van der Waals surface area contributed by atoms with Crippen molar-refractivity contribution in [2.75, 3.05) is 0 Å². The maximum absolute atomic E-state index is 13.0. The Morgan fingerprint density at radius 1 is 1.14 bits per heavy atom. The molecule has 5 nitrogen and oxygen atoms in total. The van der Waals surface area contributed by atoms with Crippen LogP contribution in [0.4, 0.5) is 8.78 Å². The predicted octanol–water partition coefficient (Wildman–Crippen LogP) is 4.66. The molecule has 7 heteroatoms. The molecule has 2 saturated carbocycles. The van der Waals surface area contributed by atoms with Crippen molar-refractivity contribution in [3.63, 3.8) is 0 Å². The number of primary amides is 1. The van der Waals surface area contributed by atoms with E-state index in [0.29, 0.717) is 16.8 Å². The number of pyridine rings is 2. The van der Waals surface area contributed by atoms with Gasteiger partial charge in [0.15, 0.2) is 5.43 Å². The molecule has 0 spiro atoms. The van der Waals surface area contributed by atoms with E-state index in [0.717, 1.165) is 18.8 Å². The average Bonchev–Trinajstić information content (AvgIpc) is 3.02. The highest BCUT2D eigenvalue weighted by Gasteiger charge is 2.41. The topological polar surface area (TPSA) is 88.8 Å². The van der Waals surface area contributed by atoms with Gasteiger partial charge in [-0.2, -0.15) is 0 Å². The summed E-state index contributed by atoms with van der Waals surface area (Å²) in [7, 11) is 0. The summed E-state index contributed by atoms with van der Waals surface area (Å²) in [5.74, 6) is -1.74. The monoisotopic (exact) mass is 405 g/mol. The number of carbonyl (C=O) groups excluding carboxylic acids is 1. The number of amides is 1. The first kappa shape index (κ1) is 21.4. The molecular weight excluding hydrogens is 376 g/mol. The van der Waals surface area contributed by atoms with Gasteiger partial charge in [0.05, 0.1) is 10.9 Å². The summed E-state index contributed by atoms with van der Waals surface area (Å²) >= 11 is 0. The van der Waals surface area contributed by atoms with Crippen molar-refractivity contribution in [2.45, 2.75) is 64.7 Å². The minimum absolute atomic E-state index is 0.00403. The molecule has 2 aliphatic rings. The van der Waals surface area contributed by atoms with E-state index in [4.69, 9.17) is 5.73 Å². The number of nitrogens with one attached hydrogen (secondary N) is 1. The van der Waals surface area contributed by atoms with Gasteiger partial charge in [0, 0.05) is 31.3 Å². The molecule has 1 atom stereocenters. The molecule has 158 valence electrons. The summed E-state index contributed by atoms with van der Waals surface area (Å²) in [6, 6.07) is 2.94. The number of nitrogens with two attached hydrogens (primary N) is 1. The number of nitrogens with zero attached hydrogens (tertiary/aromatic N) is 1. The lowest BCUT2D eigenvalue weighted by Gasteiger charge is -2.32. The number of hydrogen-bond donors (Lipinski definition) is 2. The normalized spacial score (nSPS) is 23.4. The van der Waals surface area contributed by atoms with Gasteiger partial charge in [-0.1, -0.05) is 13.8 Å². The molecule has 2 aliphatic carbocycles. The van der Waals surface area contributed by atoms with Crippen molar-refractivity contribution >= 4 is 16.8 Å². The summed E-state index contributed by atoms with van der Waals surface area (Å²) in [4.78, 5) is 29.0. The third-order valence-corrected chi connectivity index (χ3v) is 6.34. The van der Waals surface area contributed by atoms with Crippen LogP contribution in [0.15, 0.2) is 29.3 Å². The fraction of sp³-hybridized carbons (Fsp3) is 0.591. The summed E-state index contributed by atoms with van der Waals surface area (Å²) < 4.78 is 26.0. The number of fused-ring (bicyclic) bond motifs is 1. The van der Waals surface area contributed by atoms with E-state index < -0.39 is 11.8 Å². The van der Waals surface area contributed by atoms with Crippen molar-refractivity contribution in [1.82, 2.24) is 9.97 Å². The summed E-state index contributed by atoms with van der Waals surface area (Å²) in [6.07, 6.45) is 8.52. The largest absolute Gasteiger partial charge is 0.364 e. The summed E-state index contributed by atoms with van der Waals surface area (Å²) in [6.45, 7) is 4.62. The van der Waals surface area contributed by atoms with Crippen molar-refractivity contribution < 1.29 is 13.6 Å². The third-order valence-electron chi connectivity index (χ3n) is 6.34. The van der Waals surface area contributed by atoms with E-state index in [1.807, 2.05) is 0 Å². The molecule has 2 aromatic heterocycles. The Morgan fingerprint density at radius 3 is 2.38 bits per heavy atom. The van der Waals surface area contributed by atoms with Crippen LogP contribution in [-0.4, -0.2) is 21.8 Å². The van der Waals surface area contributed by atoms with E-state index >= 15 is 0 Å². The van der Waals surface area contributed by atoms with Crippen molar-refractivity contribution in [3.05, 3.63) is 40.4 Å². The Balaban J connectivity index is 0.000000166. The number of rotatable bonds is 2. The fourth-order valence-electron chi connectivity index (χ4n) is 4.74. The van der Waals surface area contributed by atoms with Crippen LogP contribution in [0.25, 0.3) is 10.9 Å². The van der Waals surface area contributed by atoms with Gasteiger partial charge in [-0.25, -0.2) is 8.78 Å². The molecule has 2 aromatic rings. The SMILES string of the molecule is CC1(C)CCC(C2CCC(F)(F)CC2)C1.NC(=O)c1nccc2[nH]ccc(=O)c12. The zero-order valence-corrected chi connectivity index (χ0v) is 17.0. The Labute approximate surface area is 169 Å². The molecule has 2 heterocycles. The summed E-state index contributed by atoms with van der Waals surface area (Å²) in [5.41, 5.74) is 5.85. The van der Waals surface area contributed by atoms with Gasteiger partial charge >= 0.3 is 0 Å². The number of alkyl halides is 2. The van der Waals surface area contributed by atoms with Gasteiger partial charge in [-0.05, 0) is 55.4 Å². The molecule has 0 aromatic carbocycles. The van der Waals surface area contributed by atoms with Gasteiger partial charge < -0.3 is 10.7 Å². The van der Waals surface area contributed by atoms with Crippen LogP contribution in [0.3, 0.4) is 0 Å². The van der Waals surface area contributed by atoms with E-state index in [-0.39, 0.29) is 29.4 Å². The van der Waals surface area contributed by atoms with E-state index in [1.165, 1.54) is 37.7 Å². The predicted molar refractivity (Wildman–Crippen MR) is 109 cm³/mol. The first-order chi connectivity index (χ1) is 13.6. The van der Waals surface area contributed by atoms with Gasteiger partial charge in [-0.15, -0.1) is 0 Å². The molecule has 0 aliphatic heterocycles. The number of hydrogen-bond acceptors (Lipinski definition) is 3. The Morgan fingerprint density at radius 2 is 1.79 bits per heavy atom. The minimum atomic E-state index is -2.36. The fourth-order valence-corrected chi connectivity index (χ4v) is 4.74. The van der Waals surface area contributed by atoms with Crippen LogP contribution >= 0.6 is 0 Å². The molecule has 0 radical (unpaired) electrons. The lowest BCUT2D eigenvalue weighted by Crippen LogP contribution is -2.28. The highest BCUT2D eigenvalue weighted by atomic mass is 19.3. The first-order valence-corrected chi connectivity index (χ1v) is 10.2. The first-order valence-electron chi connectivity index (χ1n) is 10.2. The maximum atomic E-state index is 13.0. The second kappa shape index (κ2) is 8.20. The van der Waals surface area contributed by atoms with Crippen molar-refractivity contribution in [3.8, 4) is 0 Å². The van der Waals surface area contributed by atoms with E-state index in [1.54, 1.807) is 6.07 Å². The third kappa shape index (κ3) is 5.19. The molecule has 4 rings (SSSR count). The van der Waals surface area contributed by atoms with Crippen LogP contribution in [0.2, 0.25) is 0 Å². The van der Waals surface area contributed by atoms with Crippen LogP contribution < -0.4 is 11.2 Å². The molecule has 0 saturated heterocycles. The number of aromatic nitrogens is 2. The number of aromatic amines is 1. The van der Waals surface area contributed by atoms with Crippen LogP contribution in [0, 0.1) is 17.3 Å². The van der Waals surface area contributed by atoms with Crippen molar-refractivity contribution in [1.29, 1.82) is 0 Å². The number of halogens is 2. The lowest BCUT2D eigenvalue weighted by atomic mass is 9.76. The minimum Gasteiger partial charge on any atom is -0.364 e. The molecule has 2 fully saturated rings. The standard InChI is InChI=1S/C13H22F2.C9H7N3O2/c1-12(2)6-3-11(9-12)10-4-7-13(14,15)8-5-10;10-9(14)8-7-5(1-3-12-8)11-4-2-6(7)13/h10-11H,3-9H2,1-2H3;1-4H,(H2,10,14)(H,11,13). The van der Waals surface area contributed by atoms with Crippen LogP contribution in [-0.2, 0) is 0 Å². The molecule has 29 heavy (non-hydrogen) atoms. The number of carbonyl (C=O) groups is 1. The van der Waals surface area contributed by atoms with Crippen LogP contribution in [0.1, 0.15) is 69.3 Å². The summed E-state index contributed by atoms with van der Waals surface area (Å²) in [5, 5.41) is 0.238. The second-order valence-electron chi connectivity index (χ2n) is 9.15. The molecule has 1 amide bonds. The molecule has 1 unspecified atom stereocenters. The molecule has 3 N–H and O–H groups in total. The van der Waals surface area contributed by atoms with E-state index in [9.17, 15) is 18.4 Å². The van der Waals surface area contributed by atoms with Gasteiger partial charge in [0.1, 0.15) is 5.69 Å². The zero-order valence-electron chi connectivity index (χ0n) is 17.0. The van der Waals surface area contributed by atoms with Gasteiger partial charge in [-0.3, -0.25) is 14.6 Å². The highest BCUT2D eigenvalue weighted by molar-refractivity contribution is 6.03. The lowest BCUT2D eigenvalue weighted by molar-refractivity contribution is -0.0523. The second-order valence-corrected chi connectivity index (χ2v) is 9.15. The molecular formula is C22H29F2N3O2. The van der Waals surface area contributed by atoms with E-state index in [2.05, 4.69) is 23.8 Å². The van der Waals surface area contributed by atoms with Gasteiger partial charge in [0.25, 0.3) is 5.91 Å². The number of H-pyrrole nitrogens is 1. The highest BCUT2D eigenvalue weighted by Crippen LogP contribution is 2.49. The Bertz CT molecular complexity index is 924. The zero-order chi connectivity index (χ0) is 21.2. The maximum Gasteiger partial charge on any atom is 0.268 e. The quantitative estimate of drug-likeness (QED) is 0.761. The average molecular weight is 405 g/mol.